The van der Waals surface area contributed by atoms with Crippen LogP contribution in [0.3, 0.4) is 0 Å². The van der Waals surface area contributed by atoms with E-state index in [1.807, 2.05) is 0 Å². The van der Waals surface area contributed by atoms with Crippen molar-refractivity contribution in [1.29, 1.82) is 0 Å². The van der Waals surface area contributed by atoms with Gasteiger partial charge in [0.15, 0.2) is 0 Å². The molecule has 1 atom stereocenters. The second kappa shape index (κ2) is 7.57. The van der Waals surface area contributed by atoms with Crippen molar-refractivity contribution in [2.24, 2.45) is 0 Å². The molecule has 0 aliphatic carbocycles. The van der Waals surface area contributed by atoms with Crippen molar-refractivity contribution in [3.63, 3.8) is 0 Å². The molecular weight excluding hydrogens is 488 g/mol. The molecule has 0 fully saturated rings. The quantitative estimate of drug-likeness (QED) is 0.268. The van der Waals surface area contributed by atoms with Gasteiger partial charge in [-0.2, -0.15) is 16.8 Å². The summed E-state index contributed by atoms with van der Waals surface area (Å²) in [4.78, 5) is 1.22. The molecule has 0 aromatic heterocycles. The standard InChI is InChI=1S/C21H20N2O7S3/c1-3-31(2,24)16-6-4-5-15(9-16)23-11-13-7-17(32(25,26)27)10-18-20(13)14(12-23)8-19(21(18)22)33(28,29)30/h3-10H,1-2,11-12,22H2,(H,25,26,27)(H,28,29,30). The summed E-state index contributed by atoms with van der Waals surface area (Å²) in [5.74, 6) is 3.69. The number of nitrogen functional groups attached to an aromatic ring is 1. The first kappa shape index (κ1) is 23.3. The summed E-state index contributed by atoms with van der Waals surface area (Å²) in [6, 6.07) is 10.4. The van der Waals surface area contributed by atoms with Gasteiger partial charge in [-0.1, -0.05) is 12.6 Å². The molecule has 0 spiro atoms. The van der Waals surface area contributed by atoms with Crippen LogP contribution in [0.25, 0.3) is 10.8 Å². The first-order valence-electron chi connectivity index (χ1n) is 9.40. The molecule has 4 N–H and O–H groups in total. The van der Waals surface area contributed by atoms with E-state index in [1.165, 1.54) is 17.5 Å². The Bertz CT molecular complexity index is 1650. The fourth-order valence-electron chi connectivity index (χ4n) is 3.96. The number of rotatable bonds is 5. The molecule has 12 heteroatoms. The van der Waals surface area contributed by atoms with Crippen LogP contribution in [0.1, 0.15) is 11.1 Å². The minimum Gasteiger partial charge on any atom is -0.397 e. The van der Waals surface area contributed by atoms with Gasteiger partial charge in [0.1, 0.15) is 4.90 Å². The predicted octanol–water partition coefficient (Wildman–Crippen LogP) is 2.65. The van der Waals surface area contributed by atoms with Crippen LogP contribution >= 0.6 is 0 Å². The Morgan fingerprint density at radius 1 is 0.909 bits per heavy atom. The number of hydrogen-bond donors (Lipinski definition) is 3. The molecule has 0 bridgehead atoms. The van der Waals surface area contributed by atoms with Gasteiger partial charge in [0.25, 0.3) is 20.2 Å². The Kier molecular flexibility index (Phi) is 5.34. The van der Waals surface area contributed by atoms with Crippen LogP contribution in [-0.4, -0.2) is 36.0 Å². The lowest BCUT2D eigenvalue weighted by molar-refractivity contribution is 0.481. The van der Waals surface area contributed by atoms with Crippen molar-refractivity contribution >= 4 is 57.8 Å². The predicted molar refractivity (Wildman–Crippen MR) is 128 cm³/mol. The smallest absolute Gasteiger partial charge is 0.296 e. The second-order valence-electron chi connectivity index (χ2n) is 7.65. The maximum atomic E-state index is 12.6. The van der Waals surface area contributed by atoms with E-state index in [2.05, 4.69) is 12.4 Å². The Morgan fingerprint density at radius 2 is 1.55 bits per heavy atom. The highest BCUT2D eigenvalue weighted by molar-refractivity contribution is 8.03. The van der Waals surface area contributed by atoms with Crippen molar-refractivity contribution in [3.05, 3.63) is 65.6 Å². The molecule has 1 aliphatic rings. The lowest BCUT2D eigenvalue weighted by atomic mass is 9.93. The van der Waals surface area contributed by atoms with Crippen LogP contribution in [0.2, 0.25) is 0 Å². The monoisotopic (exact) mass is 508 g/mol. The van der Waals surface area contributed by atoms with E-state index in [9.17, 15) is 30.1 Å². The average molecular weight is 509 g/mol. The van der Waals surface area contributed by atoms with Crippen LogP contribution in [0.4, 0.5) is 11.4 Å². The lowest BCUT2D eigenvalue weighted by Gasteiger charge is -2.32. The zero-order valence-corrected chi connectivity index (χ0v) is 19.6. The van der Waals surface area contributed by atoms with E-state index in [-0.39, 0.29) is 24.2 Å². The SMILES string of the molecule is C=CS(=C)(=O)c1cccc(N2Cc3cc(S(=O)(=O)O)cc4c(N)c(S(=O)(=O)O)cc(c34)C2)c1. The van der Waals surface area contributed by atoms with Gasteiger partial charge in [-0.15, -0.1) is 0 Å². The summed E-state index contributed by atoms with van der Waals surface area (Å²) in [7, 11) is -12.1. The zero-order chi connectivity index (χ0) is 24.3. The molecule has 3 aromatic carbocycles. The molecular formula is C21H20N2O7S3. The number of nitrogens with two attached hydrogens (primary N) is 1. The number of nitrogens with zero attached hydrogens (tertiary/aromatic N) is 1. The van der Waals surface area contributed by atoms with Crippen molar-refractivity contribution in [1.82, 2.24) is 0 Å². The van der Waals surface area contributed by atoms with Gasteiger partial charge < -0.3 is 10.6 Å². The molecule has 33 heavy (non-hydrogen) atoms. The summed E-state index contributed by atoms with van der Waals surface area (Å²) in [5.41, 5.74) is 7.23. The number of hydrogen-bond acceptors (Lipinski definition) is 7. The molecule has 0 radical (unpaired) electrons. The van der Waals surface area contributed by atoms with E-state index >= 15 is 0 Å². The first-order valence-corrected chi connectivity index (χ1v) is 14.1. The zero-order valence-electron chi connectivity index (χ0n) is 17.1. The van der Waals surface area contributed by atoms with Crippen LogP contribution in [-0.2, 0) is 42.8 Å². The van der Waals surface area contributed by atoms with Gasteiger partial charge in [0.05, 0.1) is 10.6 Å². The largest absolute Gasteiger partial charge is 0.397 e. The molecule has 174 valence electrons. The molecule has 4 rings (SSSR count). The van der Waals surface area contributed by atoms with Crippen LogP contribution in [0, 0.1) is 0 Å². The maximum Gasteiger partial charge on any atom is 0.296 e. The third-order valence-corrected chi connectivity index (χ3v) is 8.84. The van der Waals surface area contributed by atoms with E-state index in [0.29, 0.717) is 27.1 Å². The Morgan fingerprint density at radius 3 is 2.12 bits per heavy atom. The van der Waals surface area contributed by atoms with Gasteiger partial charge in [-0.05, 0) is 64.2 Å². The molecule has 1 unspecified atom stereocenters. The normalized spacial score (nSPS) is 15.9. The Balaban J connectivity index is 1.98. The van der Waals surface area contributed by atoms with Crippen LogP contribution in [0.15, 0.2) is 69.1 Å². The number of anilines is 2. The van der Waals surface area contributed by atoms with Gasteiger partial charge >= 0.3 is 0 Å². The highest BCUT2D eigenvalue weighted by atomic mass is 32.2. The van der Waals surface area contributed by atoms with Gasteiger partial charge in [0, 0.05) is 38.6 Å². The highest BCUT2D eigenvalue weighted by Gasteiger charge is 2.27. The van der Waals surface area contributed by atoms with Crippen molar-refractivity contribution in [2.45, 2.75) is 27.8 Å². The summed E-state index contributed by atoms with van der Waals surface area (Å²) >= 11 is 0. The van der Waals surface area contributed by atoms with Crippen molar-refractivity contribution < 1.29 is 30.1 Å². The fraction of sp³-hybridized carbons (Fsp3) is 0.0952. The minimum absolute atomic E-state index is 0.0890. The molecule has 3 aromatic rings. The molecule has 1 heterocycles. The van der Waals surface area contributed by atoms with E-state index in [0.717, 1.165) is 6.07 Å². The highest BCUT2D eigenvalue weighted by Crippen LogP contribution is 2.40. The topological polar surface area (TPSA) is 155 Å². The summed E-state index contributed by atoms with van der Waals surface area (Å²) in [6.45, 7) is 3.93. The van der Waals surface area contributed by atoms with Crippen LogP contribution in [0.5, 0.6) is 0 Å². The van der Waals surface area contributed by atoms with Crippen LogP contribution < -0.4 is 10.6 Å². The minimum atomic E-state index is -4.72. The summed E-state index contributed by atoms with van der Waals surface area (Å²) in [5, 5.41) is 1.88. The van der Waals surface area contributed by atoms with Gasteiger partial charge in [-0.25, -0.2) is 0 Å². The van der Waals surface area contributed by atoms with E-state index in [4.69, 9.17) is 5.73 Å². The number of benzene rings is 3. The second-order valence-corrected chi connectivity index (χ2v) is 12.7. The summed E-state index contributed by atoms with van der Waals surface area (Å²) in [6.07, 6.45) is 0. The van der Waals surface area contributed by atoms with Crippen molar-refractivity contribution in [2.75, 3.05) is 10.6 Å². The van der Waals surface area contributed by atoms with E-state index in [1.54, 1.807) is 29.2 Å². The first-order chi connectivity index (χ1) is 15.2. The molecule has 0 saturated carbocycles. The van der Waals surface area contributed by atoms with Gasteiger partial charge in [-0.3, -0.25) is 13.3 Å². The fourth-order valence-corrected chi connectivity index (χ4v) is 6.02. The summed E-state index contributed by atoms with van der Waals surface area (Å²) < 4.78 is 79.5. The molecule has 9 nitrogen and oxygen atoms in total. The van der Waals surface area contributed by atoms with E-state index < -0.39 is 39.5 Å². The Hall–Kier alpha value is -2.90. The third kappa shape index (κ3) is 4.11. The van der Waals surface area contributed by atoms with Crippen molar-refractivity contribution in [3.8, 4) is 0 Å². The molecule has 1 aliphatic heterocycles. The Labute approximate surface area is 191 Å². The third-order valence-electron chi connectivity index (χ3n) is 5.52. The lowest BCUT2D eigenvalue weighted by Crippen LogP contribution is -2.27. The molecule has 0 amide bonds. The maximum absolute atomic E-state index is 12.6. The molecule has 0 saturated heterocycles. The van der Waals surface area contributed by atoms with Gasteiger partial charge in [0.2, 0.25) is 0 Å². The average Bonchev–Trinajstić information content (AvgIpc) is 2.74.